The van der Waals surface area contributed by atoms with Crippen LogP contribution in [0, 0.1) is 0 Å². The average molecular weight is 252 g/mol. The van der Waals surface area contributed by atoms with Crippen molar-refractivity contribution in [2.45, 2.75) is 25.8 Å². The van der Waals surface area contributed by atoms with Crippen LogP contribution in [0.2, 0.25) is 0 Å². The third-order valence-electron chi connectivity index (χ3n) is 2.68. The van der Waals surface area contributed by atoms with Gasteiger partial charge in [-0.2, -0.15) is 0 Å². The lowest BCUT2D eigenvalue weighted by atomic mass is 10.0. The van der Waals surface area contributed by atoms with E-state index in [4.69, 9.17) is 15.6 Å². The van der Waals surface area contributed by atoms with E-state index in [9.17, 15) is 4.79 Å². The molecule has 5 nitrogen and oxygen atoms in total. The van der Waals surface area contributed by atoms with Crippen LogP contribution in [0.3, 0.4) is 0 Å². The van der Waals surface area contributed by atoms with Gasteiger partial charge in [0.05, 0.1) is 12.8 Å². The van der Waals surface area contributed by atoms with Crippen LogP contribution in [0.5, 0.6) is 5.75 Å². The Morgan fingerprint density at radius 2 is 2.17 bits per heavy atom. The molecule has 0 spiro atoms. The largest absolute Gasteiger partial charge is 0.495 e. The number of anilines is 1. The second kappa shape index (κ2) is 5.73. The smallest absolute Gasteiger partial charge is 0.251 e. The molecular weight excluding hydrogens is 232 g/mol. The first-order chi connectivity index (χ1) is 8.39. The molecule has 1 aromatic rings. The first kappa shape index (κ1) is 14.3. The number of rotatable bonds is 5. The minimum absolute atomic E-state index is 0.0261. The highest BCUT2D eigenvalue weighted by Crippen LogP contribution is 2.22. The van der Waals surface area contributed by atoms with Crippen molar-refractivity contribution in [1.29, 1.82) is 0 Å². The summed E-state index contributed by atoms with van der Waals surface area (Å²) in [4.78, 5) is 12.0. The average Bonchev–Trinajstić information content (AvgIpc) is 2.28. The predicted octanol–water partition coefficient (Wildman–Crippen LogP) is 1.17. The van der Waals surface area contributed by atoms with Crippen molar-refractivity contribution in [1.82, 2.24) is 5.32 Å². The molecule has 0 aliphatic rings. The molecule has 0 unspecified atom stereocenters. The van der Waals surface area contributed by atoms with Crippen LogP contribution < -0.4 is 15.8 Å². The zero-order valence-corrected chi connectivity index (χ0v) is 11.0. The summed E-state index contributed by atoms with van der Waals surface area (Å²) in [5, 5.41) is 11.8. The molecule has 4 N–H and O–H groups in total. The monoisotopic (exact) mass is 252 g/mol. The zero-order valence-electron chi connectivity index (χ0n) is 11.0. The fourth-order valence-corrected chi connectivity index (χ4v) is 1.57. The van der Waals surface area contributed by atoms with Crippen LogP contribution in [-0.2, 0) is 0 Å². The van der Waals surface area contributed by atoms with Crippen molar-refractivity contribution < 1.29 is 14.6 Å². The predicted molar refractivity (Wildman–Crippen MR) is 70.7 cm³/mol. The Morgan fingerprint density at radius 3 is 2.72 bits per heavy atom. The number of hydrogen-bond donors (Lipinski definition) is 3. The molecular formula is C13H20N2O3. The Labute approximate surface area is 107 Å². The van der Waals surface area contributed by atoms with Crippen molar-refractivity contribution in [3.05, 3.63) is 23.8 Å². The summed E-state index contributed by atoms with van der Waals surface area (Å²) in [6, 6.07) is 4.87. The van der Waals surface area contributed by atoms with Gasteiger partial charge in [-0.25, -0.2) is 0 Å². The van der Waals surface area contributed by atoms with E-state index in [1.54, 1.807) is 18.2 Å². The Hall–Kier alpha value is -1.75. The summed E-state index contributed by atoms with van der Waals surface area (Å²) in [7, 11) is 1.50. The molecule has 18 heavy (non-hydrogen) atoms. The molecule has 0 aliphatic heterocycles. The van der Waals surface area contributed by atoms with Crippen LogP contribution in [0.15, 0.2) is 18.2 Å². The topological polar surface area (TPSA) is 84.6 Å². The summed E-state index contributed by atoms with van der Waals surface area (Å²) in [5.41, 5.74) is 6.20. The number of nitrogens with two attached hydrogens (primary N) is 1. The third-order valence-corrected chi connectivity index (χ3v) is 2.68. The Morgan fingerprint density at radius 1 is 1.50 bits per heavy atom. The summed E-state index contributed by atoms with van der Waals surface area (Å²) < 4.78 is 5.07. The van der Waals surface area contributed by atoms with Crippen LogP contribution >= 0.6 is 0 Å². The highest BCUT2D eigenvalue weighted by molar-refractivity contribution is 5.95. The molecule has 0 atom stereocenters. The van der Waals surface area contributed by atoms with Crippen LogP contribution in [0.1, 0.15) is 30.6 Å². The van der Waals surface area contributed by atoms with Gasteiger partial charge in [-0.15, -0.1) is 0 Å². The van der Waals surface area contributed by atoms with Crippen molar-refractivity contribution >= 4 is 11.6 Å². The highest BCUT2D eigenvalue weighted by Gasteiger charge is 2.20. The van der Waals surface area contributed by atoms with Gasteiger partial charge in [-0.3, -0.25) is 4.79 Å². The maximum atomic E-state index is 12.0. The van der Waals surface area contributed by atoms with Crippen molar-refractivity contribution in [2.75, 3.05) is 19.5 Å². The number of benzene rings is 1. The molecule has 0 aromatic heterocycles. The van der Waals surface area contributed by atoms with Crippen molar-refractivity contribution in [3.8, 4) is 5.75 Å². The summed E-state index contributed by atoms with van der Waals surface area (Å²) in [6.45, 7) is 3.74. The van der Waals surface area contributed by atoms with Gasteiger partial charge in [0.15, 0.2) is 0 Å². The van der Waals surface area contributed by atoms with Gasteiger partial charge in [0.25, 0.3) is 5.91 Å². The number of nitrogen functional groups attached to an aromatic ring is 1. The molecule has 0 saturated heterocycles. The number of amides is 1. The van der Waals surface area contributed by atoms with E-state index in [0.29, 0.717) is 23.4 Å². The minimum atomic E-state index is -0.458. The van der Waals surface area contributed by atoms with E-state index < -0.39 is 5.54 Å². The molecule has 0 radical (unpaired) electrons. The van der Waals surface area contributed by atoms with E-state index in [-0.39, 0.29) is 12.5 Å². The normalized spacial score (nSPS) is 11.1. The number of ether oxygens (including phenoxy) is 1. The fourth-order valence-electron chi connectivity index (χ4n) is 1.57. The van der Waals surface area contributed by atoms with Crippen LogP contribution in [0.4, 0.5) is 5.69 Å². The van der Waals surface area contributed by atoms with E-state index in [1.807, 2.05) is 13.8 Å². The second-order valence-corrected chi connectivity index (χ2v) is 4.77. The zero-order chi connectivity index (χ0) is 13.8. The standard InChI is InChI=1S/C13H20N2O3/c1-13(2,6-7-16)15-12(17)9-4-5-10(14)11(8-9)18-3/h4-5,8,16H,6-7,14H2,1-3H3,(H,15,17). The molecule has 1 aromatic carbocycles. The number of methoxy groups -OCH3 is 1. The van der Waals surface area contributed by atoms with E-state index in [0.717, 1.165) is 0 Å². The van der Waals surface area contributed by atoms with Gasteiger partial charge in [-0.1, -0.05) is 0 Å². The third kappa shape index (κ3) is 3.63. The number of carbonyl (C=O) groups excluding carboxylic acids is 1. The fraction of sp³-hybridized carbons (Fsp3) is 0.462. The van der Waals surface area contributed by atoms with Crippen LogP contribution in [0.25, 0.3) is 0 Å². The lowest BCUT2D eigenvalue weighted by molar-refractivity contribution is 0.0899. The molecule has 0 aliphatic carbocycles. The molecule has 1 rings (SSSR count). The van der Waals surface area contributed by atoms with E-state index >= 15 is 0 Å². The number of aliphatic hydroxyl groups excluding tert-OH is 1. The molecule has 0 saturated carbocycles. The summed E-state index contributed by atoms with van der Waals surface area (Å²) >= 11 is 0. The van der Waals surface area contributed by atoms with Gasteiger partial charge in [-0.05, 0) is 38.5 Å². The number of hydrogen-bond acceptors (Lipinski definition) is 4. The van der Waals surface area contributed by atoms with E-state index in [1.165, 1.54) is 7.11 Å². The number of nitrogens with one attached hydrogen (secondary N) is 1. The Bertz CT molecular complexity index is 430. The van der Waals surface area contributed by atoms with Gasteiger partial charge >= 0.3 is 0 Å². The van der Waals surface area contributed by atoms with Crippen molar-refractivity contribution in [2.24, 2.45) is 0 Å². The Balaban J connectivity index is 2.85. The molecule has 0 heterocycles. The Kier molecular flexibility index (Phi) is 4.55. The molecule has 0 fully saturated rings. The SMILES string of the molecule is COc1cc(C(=O)NC(C)(C)CCO)ccc1N. The summed E-state index contributed by atoms with van der Waals surface area (Å²) in [6.07, 6.45) is 0.491. The molecule has 100 valence electrons. The number of carbonyl (C=O) groups is 1. The quantitative estimate of drug-likeness (QED) is 0.687. The van der Waals surface area contributed by atoms with Gasteiger partial charge in [0.2, 0.25) is 0 Å². The van der Waals surface area contributed by atoms with Gasteiger partial charge < -0.3 is 20.9 Å². The minimum Gasteiger partial charge on any atom is -0.495 e. The molecule has 5 heteroatoms. The van der Waals surface area contributed by atoms with Crippen molar-refractivity contribution in [3.63, 3.8) is 0 Å². The molecule has 0 bridgehead atoms. The lowest BCUT2D eigenvalue weighted by Gasteiger charge is -2.25. The van der Waals surface area contributed by atoms with Gasteiger partial charge in [0.1, 0.15) is 5.75 Å². The maximum absolute atomic E-state index is 12.0. The first-order valence-electron chi connectivity index (χ1n) is 5.76. The van der Waals surface area contributed by atoms with E-state index in [2.05, 4.69) is 5.32 Å². The molecule has 1 amide bonds. The lowest BCUT2D eigenvalue weighted by Crippen LogP contribution is -2.44. The highest BCUT2D eigenvalue weighted by atomic mass is 16.5. The summed E-state index contributed by atoms with van der Waals surface area (Å²) in [5.74, 6) is 0.259. The number of aliphatic hydroxyl groups is 1. The maximum Gasteiger partial charge on any atom is 0.251 e. The second-order valence-electron chi connectivity index (χ2n) is 4.77. The van der Waals surface area contributed by atoms with Gasteiger partial charge in [0, 0.05) is 17.7 Å². The van der Waals surface area contributed by atoms with Crippen LogP contribution in [-0.4, -0.2) is 30.3 Å². The first-order valence-corrected chi connectivity index (χ1v) is 5.76.